The third kappa shape index (κ3) is 54.3. The number of nitrogens with zero attached hydrogens (tertiary/aromatic N) is 1. The van der Waals surface area contributed by atoms with Crippen LogP contribution in [-0.4, -0.2) is 40.9 Å². The van der Waals surface area contributed by atoms with Crippen molar-refractivity contribution in [1.82, 2.24) is 4.90 Å². The Hall–Kier alpha value is 0.270. The van der Waals surface area contributed by atoms with Crippen molar-refractivity contribution >= 4 is 8.60 Å². The third-order valence-electron chi connectivity index (χ3n) is 13.2. The van der Waals surface area contributed by atoms with Crippen LogP contribution in [0.3, 0.4) is 0 Å². The highest BCUT2D eigenvalue weighted by Crippen LogP contribution is 2.24. The first-order valence-corrected chi connectivity index (χ1v) is 28.9. The minimum Gasteiger partial charge on any atom is -0.328 e. The summed E-state index contributed by atoms with van der Waals surface area (Å²) in [4.78, 5) is 20.4. The van der Waals surface area contributed by atoms with Gasteiger partial charge in [-0.15, -0.1) is 0 Å². The van der Waals surface area contributed by atoms with E-state index in [-0.39, 0.29) is 0 Å². The van der Waals surface area contributed by atoms with Crippen LogP contribution in [0.1, 0.15) is 322 Å². The molecular formula is C54H112NO3P. The van der Waals surface area contributed by atoms with Gasteiger partial charge in [-0.05, 0) is 45.3 Å². The van der Waals surface area contributed by atoms with E-state index >= 15 is 0 Å². The topological polar surface area (TPSA) is 52.9 Å². The van der Waals surface area contributed by atoms with Gasteiger partial charge in [0, 0.05) is 0 Å². The Balaban J connectivity index is 3.94. The van der Waals surface area contributed by atoms with Crippen molar-refractivity contribution in [2.75, 3.05) is 26.2 Å². The molecule has 0 fully saturated rings. The van der Waals surface area contributed by atoms with Gasteiger partial charge in [-0.1, -0.05) is 296 Å². The normalized spacial score (nSPS) is 11.9. The number of hydrogen-bond donors (Lipinski definition) is 2. The van der Waals surface area contributed by atoms with Crippen molar-refractivity contribution < 1.29 is 14.3 Å². The molecule has 0 unspecified atom stereocenters. The lowest BCUT2D eigenvalue weighted by atomic mass is 10.0. The van der Waals surface area contributed by atoms with Crippen LogP contribution in [0.2, 0.25) is 0 Å². The molecule has 4 nitrogen and oxygen atoms in total. The molecule has 0 aliphatic heterocycles. The lowest BCUT2D eigenvalue weighted by Gasteiger charge is -2.22. The SMILES string of the molecule is CCCCCCCCCCCCCCCCCCN(CCCCCCCCCCCCCCCCCC)CCCCCCCCCCCCCCCCCCOP(O)O. The van der Waals surface area contributed by atoms with Crippen LogP contribution >= 0.6 is 8.60 Å². The Morgan fingerprint density at radius 3 is 0.610 bits per heavy atom. The molecule has 0 saturated carbocycles. The lowest BCUT2D eigenvalue weighted by molar-refractivity contribution is 0.248. The van der Waals surface area contributed by atoms with E-state index in [0.717, 1.165) is 12.8 Å². The van der Waals surface area contributed by atoms with Gasteiger partial charge in [0.2, 0.25) is 0 Å². The van der Waals surface area contributed by atoms with Gasteiger partial charge in [-0.2, -0.15) is 0 Å². The fourth-order valence-electron chi connectivity index (χ4n) is 9.16. The van der Waals surface area contributed by atoms with Gasteiger partial charge in [0.1, 0.15) is 0 Å². The van der Waals surface area contributed by atoms with E-state index in [1.165, 1.54) is 315 Å². The van der Waals surface area contributed by atoms with Crippen molar-refractivity contribution in [3.63, 3.8) is 0 Å². The fourth-order valence-corrected chi connectivity index (χ4v) is 9.45. The zero-order chi connectivity index (χ0) is 42.6. The highest BCUT2D eigenvalue weighted by atomic mass is 31.2. The van der Waals surface area contributed by atoms with Crippen LogP contribution in [-0.2, 0) is 4.52 Å². The molecular weight excluding hydrogens is 742 g/mol. The summed E-state index contributed by atoms with van der Waals surface area (Å²) in [6.45, 7) is 9.16. The Morgan fingerprint density at radius 2 is 0.424 bits per heavy atom. The molecule has 0 aliphatic carbocycles. The second-order valence-corrected chi connectivity index (χ2v) is 20.0. The van der Waals surface area contributed by atoms with E-state index in [2.05, 4.69) is 18.7 Å². The zero-order valence-corrected chi connectivity index (χ0v) is 41.9. The van der Waals surface area contributed by atoms with Crippen LogP contribution in [0.25, 0.3) is 0 Å². The minimum absolute atomic E-state index is 0.483. The van der Waals surface area contributed by atoms with Crippen molar-refractivity contribution in [2.45, 2.75) is 322 Å². The van der Waals surface area contributed by atoms with Crippen LogP contribution in [0.5, 0.6) is 0 Å². The smallest absolute Gasteiger partial charge is 0.327 e. The molecule has 5 heteroatoms. The molecule has 2 N–H and O–H groups in total. The van der Waals surface area contributed by atoms with E-state index in [0.29, 0.717) is 6.61 Å². The minimum atomic E-state index is -2.16. The average molecular weight is 854 g/mol. The Kier molecular flexibility index (Phi) is 54.7. The number of hydrogen-bond acceptors (Lipinski definition) is 4. The number of unbranched alkanes of at least 4 members (excludes halogenated alkanes) is 45. The second-order valence-electron chi connectivity index (χ2n) is 19.2. The van der Waals surface area contributed by atoms with Gasteiger partial charge < -0.3 is 19.2 Å². The summed E-state index contributed by atoms with van der Waals surface area (Å²) in [5, 5.41) is 0. The molecule has 0 atom stereocenters. The van der Waals surface area contributed by atoms with Crippen LogP contribution < -0.4 is 0 Å². The maximum Gasteiger partial charge on any atom is 0.327 e. The molecule has 0 aromatic heterocycles. The van der Waals surface area contributed by atoms with E-state index < -0.39 is 8.60 Å². The molecule has 0 rings (SSSR count). The molecule has 356 valence electrons. The van der Waals surface area contributed by atoms with Gasteiger partial charge in [-0.3, -0.25) is 0 Å². The molecule has 0 aromatic carbocycles. The fraction of sp³-hybridized carbons (Fsp3) is 1.00. The Labute approximate surface area is 374 Å². The van der Waals surface area contributed by atoms with Crippen molar-refractivity contribution in [1.29, 1.82) is 0 Å². The Bertz CT molecular complexity index is 688. The van der Waals surface area contributed by atoms with E-state index in [4.69, 9.17) is 14.3 Å². The molecule has 0 aliphatic rings. The molecule has 0 spiro atoms. The summed E-state index contributed by atoms with van der Waals surface area (Å²) in [5.41, 5.74) is 0. The first-order chi connectivity index (χ1) is 29.2. The molecule has 0 bridgehead atoms. The zero-order valence-electron chi connectivity index (χ0n) is 41.0. The summed E-state index contributed by atoms with van der Waals surface area (Å²) in [7, 11) is -2.16. The summed E-state index contributed by atoms with van der Waals surface area (Å²) < 4.78 is 4.83. The summed E-state index contributed by atoms with van der Waals surface area (Å²) in [6.07, 6.45) is 68.3. The predicted molar refractivity (Wildman–Crippen MR) is 267 cm³/mol. The van der Waals surface area contributed by atoms with E-state index in [1.54, 1.807) is 0 Å². The van der Waals surface area contributed by atoms with Gasteiger partial charge >= 0.3 is 8.60 Å². The first kappa shape index (κ1) is 59.3. The molecule has 0 aromatic rings. The highest BCUT2D eigenvalue weighted by Gasteiger charge is 2.06. The quantitative estimate of drug-likeness (QED) is 0.0473. The maximum absolute atomic E-state index is 8.76. The number of rotatable bonds is 54. The second kappa shape index (κ2) is 54.4. The van der Waals surface area contributed by atoms with Crippen molar-refractivity contribution in [3.8, 4) is 0 Å². The van der Waals surface area contributed by atoms with E-state index in [1.807, 2.05) is 0 Å². The van der Waals surface area contributed by atoms with Crippen LogP contribution in [0.15, 0.2) is 0 Å². The molecule has 0 saturated heterocycles. The maximum atomic E-state index is 8.76. The molecule has 59 heavy (non-hydrogen) atoms. The summed E-state index contributed by atoms with van der Waals surface area (Å²) >= 11 is 0. The van der Waals surface area contributed by atoms with Gasteiger partial charge in [0.15, 0.2) is 0 Å². The average Bonchev–Trinajstić information content (AvgIpc) is 3.23. The summed E-state index contributed by atoms with van der Waals surface area (Å²) in [5.74, 6) is 0. The van der Waals surface area contributed by atoms with Crippen LogP contribution in [0, 0.1) is 0 Å². The monoisotopic (exact) mass is 854 g/mol. The molecule has 0 heterocycles. The lowest BCUT2D eigenvalue weighted by Crippen LogP contribution is -2.27. The van der Waals surface area contributed by atoms with Crippen molar-refractivity contribution in [2.24, 2.45) is 0 Å². The van der Waals surface area contributed by atoms with Crippen LogP contribution in [0.4, 0.5) is 0 Å². The largest absolute Gasteiger partial charge is 0.328 e. The molecule has 0 amide bonds. The van der Waals surface area contributed by atoms with E-state index in [9.17, 15) is 0 Å². The molecule has 0 radical (unpaired) electrons. The third-order valence-corrected chi connectivity index (χ3v) is 13.6. The van der Waals surface area contributed by atoms with Crippen molar-refractivity contribution in [3.05, 3.63) is 0 Å². The highest BCUT2D eigenvalue weighted by molar-refractivity contribution is 7.39. The van der Waals surface area contributed by atoms with Gasteiger partial charge in [-0.25, -0.2) is 0 Å². The van der Waals surface area contributed by atoms with Gasteiger partial charge in [0.05, 0.1) is 6.61 Å². The predicted octanol–water partition coefficient (Wildman–Crippen LogP) is 19.3. The van der Waals surface area contributed by atoms with Gasteiger partial charge in [0.25, 0.3) is 0 Å². The first-order valence-electron chi connectivity index (χ1n) is 27.7. The Morgan fingerprint density at radius 1 is 0.254 bits per heavy atom. The standard InChI is InChI=1S/C54H112NO3P/c1-3-5-7-9-11-13-15-17-19-23-27-31-35-39-43-47-51-55(52-48-44-40-36-32-28-24-20-18-16-14-12-10-8-6-4-2)53-49-45-41-37-33-29-25-21-22-26-30-34-38-42-46-50-54-58-59(56)57/h56-57H,3-54H2,1-2H3. The summed E-state index contributed by atoms with van der Waals surface area (Å²) in [6, 6.07) is 0.